The average Bonchev–Trinajstić information content (AvgIpc) is 2.50. The summed E-state index contributed by atoms with van der Waals surface area (Å²) in [5.41, 5.74) is 1.01. The topological polar surface area (TPSA) is 21.3 Å². The molecule has 5 heteroatoms. The van der Waals surface area contributed by atoms with Gasteiger partial charge in [0.05, 0.1) is 5.02 Å². The van der Waals surface area contributed by atoms with Crippen LogP contribution in [0.2, 0.25) is 10.0 Å². The molecular weight excluding hydrogens is 324 g/mol. The number of ether oxygens (including phenoxy) is 1. The molecule has 0 saturated heterocycles. The summed E-state index contributed by atoms with van der Waals surface area (Å²) in [5.74, 6) is 0.326. The molecule has 2 aromatic rings. The van der Waals surface area contributed by atoms with Crippen molar-refractivity contribution in [2.75, 3.05) is 13.6 Å². The zero-order chi connectivity index (χ0) is 15.9. The molecule has 118 valence electrons. The predicted molar refractivity (Wildman–Crippen MR) is 89.5 cm³/mol. The summed E-state index contributed by atoms with van der Waals surface area (Å²) in [5, 5.41) is 4.21. The molecule has 1 atom stereocenters. The van der Waals surface area contributed by atoms with Gasteiger partial charge in [0, 0.05) is 17.5 Å². The van der Waals surface area contributed by atoms with Gasteiger partial charge in [-0.05, 0) is 49.8 Å². The smallest absolute Gasteiger partial charge is 0.139 e. The molecule has 22 heavy (non-hydrogen) atoms. The Labute approximate surface area is 140 Å². The van der Waals surface area contributed by atoms with Crippen LogP contribution in [0.15, 0.2) is 42.5 Å². The number of hydrogen-bond donors (Lipinski definition) is 1. The van der Waals surface area contributed by atoms with Gasteiger partial charge in [0.15, 0.2) is 0 Å². The number of halogens is 3. The maximum Gasteiger partial charge on any atom is 0.139 e. The first-order valence-electron chi connectivity index (χ1n) is 7.09. The Hall–Kier alpha value is -1.29. The van der Waals surface area contributed by atoms with Gasteiger partial charge < -0.3 is 10.1 Å². The molecule has 0 spiro atoms. The van der Waals surface area contributed by atoms with Gasteiger partial charge in [-0.2, -0.15) is 0 Å². The summed E-state index contributed by atoms with van der Waals surface area (Å²) >= 11 is 12.1. The van der Waals surface area contributed by atoms with Crippen molar-refractivity contribution in [2.45, 2.75) is 18.9 Å². The molecule has 2 nitrogen and oxygen atoms in total. The van der Waals surface area contributed by atoms with Crippen molar-refractivity contribution in [1.82, 2.24) is 5.32 Å². The average molecular weight is 342 g/mol. The van der Waals surface area contributed by atoms with Gasteiger partial charge >= 0.3 is 0 Å². The number of rotatable bonds is 7. The van der Waals surface area contributed by atoms with Crippen LogP contribution in [0.5, 0.6) is 5.75 Å². The highest BCUT2D eigenvalue weighted by molar-refractivity contribution is 6.34. The minimum absolute atomic E-state index is 0.0751. The second-order valence-electron chi connectivity index (χ2n) is 5.04. The van der Waals surface area contributed by atoms with Crippen molar-refractivity contribution in [3.8, 4) is 5.75 Å². The Bertz CT molecular complexity index is 604. The minimum atomic E-state index is -0.241. The van der Waals surface area contributed by atoms with Gasteiger partial charge in [0.25, 0.3) is 0 Å². The van der Waals surface area contributed by atoms with E-state index >= 15 is 0 Å². The summed E-state index contributed by atoms with van der Waals surface area (Å²) in [6.45, 7) is 0.810. The van der Waals surface area contributed by atoms with Crippen molar-refractivity contribution in [3.05, 3.63) is 63.9 Å². The van der Waals surface area contributed by atoms with Gasteiger partial charge in [-0.15, -0.1) is 0 Å². The lowest BCUT2D eigenvalue weighted by Crippen LogP contribution is -2.25. The summed E-state index contributed by atoms with van der Waals surface area (Å²) in [6, 6.07) is 11.6. The summed E-state index contributed by atoms with van der Waals surface area (Å²) < 4.78 is 19.0. The van der Waals surface area contributed by atoms with E-state index in [0.717, 1.165) is 18.5 Å². The van der Waals surface area contributed by atoms with E-state index in [1.807, 2.05) is 7.05 Å². The molecule has 0 aliphatic carbocycles. The van der Waals surface area contributed by atoms with E-state index in [4.69, 9.17) is 27.9 Å². The fraction of sp³-hybridized carbons (Fsp3) is 0.294. The maximum atomic E-state index is 13.0. The molecule has 0 radical (unpaired) electrons. The van der Waals surface area contributed by atoms with Crippen molar-refractivity contribution in [3.63, 3.8) is 0 Å². The Morgan fingerprint density at radius 2 is 1.86 bits per heavy atom. The van der Waals surface area contributed by atoms with Crippen molar-refractivity contribution < 1.29 is 9.13 Å². The Balaban J connectivity index is 2.11. The largest absolute Gasteiger partial charge is 0.488 e. The SMILES string of the molecule is CNCC[C@@H](Cc1ccc(F)cc1)Oc1cc(Cl)ccc1Cl. The van der Waals surface area contributed by atoms with Gasteiger partial charge in [-0.1, -0.05) is 35.3 Å². The zero-order valence-corrected chi connectivity index (χ0v) is 13.8. The fourth-order valence-electron chi connectivity index (χ4n) is 2.14. The highest BCUT2D eigenvalue weighted by atomic mass is 35.5. The molecule has 0 saturated carbocycles. The first-order valence-corrected chi connectivity index (χ1v) is 7.85. The Morgan fingerprint density at radius 3 is 2.55 bits per heavy atom. The fourth-order valence-corrected chi connectivity index (χ4v) is 2.46. The molecular formula is C17H18Cl2FNO. The first kappa shape index (κ1) is 17.1. The normalized spacial score (nSPS) is 12.2. The van der Waals surface area contributed by atoms with Crippen LogP contribution in [-0.4, -0.2) is 19.7 Å². The Morgan fingerprint density at radius 1 is 1.14 bits per heavy atom. The van der Waals surface area contributed by atoms with Gasteiger partial charge in [0.1, 0.15) is 17.7 Å². The molecule has 2 rings (SSSR count). The third-order valence-electron chi connectivity index (χ3n) is 3.28. The minimum Gasteiger partial charge on any atom is -0.488 e. The van der Waals surface area contributed by atoms with E-state index < -0.39 is 0 Å². The highest BCUT2D eigenvalue weighted by Crippen LogP contribution is 2.29. The van der Waals surface area contributed by atoms with Crippen LogP contribution >= 0.6 is 23.2 Å². The predicted octanol–water partition coefficient (Wildman–Crippen LogP) is 4.73. The summed E-state index contributed by atoms with van der Waals surface area (Å²) in [7, 11) is 1.89. The first-order chi connectivity index (χ1) is 10.6. The lowest BCUT2D eigenvalue weighted by molar-refractivity contribution is 0.191. The summed E-state index contributed by atoms with van der Waals surface area (Å²) in [4.78, 5) is 0. The molecule has 1 N–H and O–H groups in total. The molecule has 0 aliphatic rings. The number of nitrogens with one attached hydrogen (secondary N) is 1. The number of hydrogen-bond acceptors (Lipinski definition) is 2. The number of benzene rings is 2. The molecule has 2 aromatic carbocycles. The Kier molecular flexibility index (Phi) is 6.49. The van der Waals surface area contributed by atoms with E-state index in [-0.39, 0.29) is 11.9 Å². The second kappa shape index (κ2) is 8.37. The van der Waals surface area contributed by atoms with Crippen LogP contribution in [0, 0.1) is 5.82 Å². The van der Waals surface area contributed by atoms with E-state index in [2.05, 4.69) is 5.32 Å². The van der Waals surface area contributed by atoms with E-state index in [0.29, 0.717) is 22.2 Å². The van der Waals surface area contributed by atoms with Gasteiger partial charge in [0.2, 0.25) is 0 Å². The molecule has 0 heterocycles. The van der Waals surface area contributed by atoms with Crippen molar-refractivity contribution in [2.24, 2.45) is 0 Å². The standard InChI is InChI=1S/C17H18Cl2FNO/c1-21-9-8-15(10-12-2-5-14(20)6-3-12)22-17-11-13(18)4-7-16(17)19/h2-7,11,15,21H,8-10H2,1H3/t15-/m0/s1. The van der Waals surface area contributed by atoms with Crippen LogP contribution in [0.25, 0.3) is 0 Å². The van der Waals surface area contributed by atoms with E-state index in [1.54, 1.807) is 30.3 Å². The molecule has 0 unspecified atom stereocenters. The van der Waals surface area contributed by atoms with Crippen LogP contribution in [0.4, 0.5) is 4.39 Å². The molecule has 0 amide bonds. The molecule has 0 aromatic heterocycles. The van der Waals surface area contributed by atoms with Gasteiger partial charge in [-0.25, -0.2) is 4.39 Å². The quantitative estimate of drug-likeness (QED) is 0.785. The van der Waals surface area contributed by atoms with Crippen LogP contribution in [0.3, 0.4) is 0 Å². The highest BCUT2D eigenvalue weighted by Gasteiger charge is 2.14. The zero-order valence-electron chi connectivity index (χ0n) is 12.3. The van der Waals surface area contributed by atoms with Crippen LogP contribution < -0.4 is 10.1 Å². The maximum absolute atomic E-state index is 13.0. The van der Waals surface area contributed by atoms with Crippen molar-refractivity contribution in [1.29, 1.82) is 0 Å². The lowest BCUT2D eigenvalue weighted by atomic mass is 10.1. The third kappa shape index (κ3) is 5.16. The molecule has 0 fully saturated rings. The third-order valence-corrected chi connectivity index (χ3v) is 3.83. The van der Waals surface area contributed by atoms with E-state index in [1.165, 1.54) is 12.1 Å². The van der Waals surface area contributed by atoms with Crippen molar-refractivity contribution >= 4 is 23.2 Å². The second-order valence-corrected chi connectivity index (χ2v) is 5.88. The molecule has 0 bridgehead atoms. The monoisotopic (exact) mass is 341 g/mol. The molecule has 0 aliphatic heterocycles. The van der Waals surface area contributed by atoms with E-state index in [9.17, 15) is 4.39 Å². The summed E-state index contributed by atoms with van der Waals surface area (Å²) in [6.07, 6.45) is 1.40. The van der Waals surface area contributed by atoms with Gasteiger partial charge in [-0.3, -0.25) is 0 Å². The van der Waals surface area contributed by atoms with Crippen LogP contribution in [-0.2, 0) is 6.42 Å². The lowest BCUT2D eigenvalue weighted by Gasteiger charge is -2.20. The van der Waals surface area contributed by atoms with Crippen LogP contribution in [0.1, 0.15) is 12.0 Å².